The summed E-state index contributed by atoms with van der Waals surface area (Å²) in [5.74, 6) is -0.135. The average molecular weight is 282 g/mol. The van der Waals surface area contributed by atoms with E-state index in [4.69, 9.17) is 11.6 Å². The summed E-state index contributed by atoms with van der Waals surface area (Å²) in [5.41, 5.74) is 1.39. The summed E-state index contributed by atoms with van der Waals surface area (Å²) in [6, 6.07) is 20.6. The maximum atomic E-state index is 12.4. The summed E-state index contributed by atoms with van der Waals surface area (Å²) < 4.78 is 0. The lowest BCUT2D eigenvalue weighted by Gasteiger charge is -2.08. The van der Waals surface area contributed by atoms with E-state index >= 15 is 0 Å². The van der Waals surface area contributed by atoms with E-state index in [-0.39, 0.29) is 5.91 Å². The van der Waals surface area contributed by atoms with Crippen molar-refractivity contribution in [3.63, 3.8) is 0 Å². The van der Waals surface area contributed by atoms with Crippen LogP contribution in [0.15, 0.2) is 66.7 Å². The number of para-hydroxylation sites is 1. The molecule has 0 aliphatic carbocycles. The largest absolute Gasteiger partial charge is 0.322 e. The summed E-state index contributed by atoms with van der Waals surface area (Å²) in [6.07, 6.45) is 0. The molecule has 1 amide bonds. The molecule has 0 aliphatic rings. The summed E-state index contributed by atoms with van der Waals surface area (Å²) in [4.78, 5) is 12.4. The Morgan fingerprint density at radius 2 is 1.70 bits per heavy atom. The van der Waals surface area contributed by atoms with Gasteiger partial charge in [-0.25, -0.2) is 0 Å². The molecule has 0 radical (unpaired) electrons. The topological polar surface area (TPSA) is 29.1 Å². The van der Waals surface area contributed by atoms with Crippen molar-refractivity contribution in [1.82, 2.24) is 0 Å². The molecule has 3 aromatic rings. The third kappa shape index (κ3) is 2.51. The molecule has 0 heterocycles. The van der Waals surface area contributed by atoms with E-state index in [1.807, 2.05) is 60.7 Å². The molecule has 20 heavy (non-hydrogen) atoms. The molecule has 3 aromatic carbocycles. The smallest absolute Gasteiger partial charge is 0.256 e. The maximum Gasteiger partial charge on any atom is 0.256 e. The molecule has 3 heteroatoms. The first kappa shape index (κ1) is 12.7. The highest BCUT2D eigenvalue weighted by atomic mass is 35.5. The highest BCUT2D eigenvalue weighted by Crippen LogP contribution is 2.23. The lowest BCUT2D eigenvalue weighted by atomic mass is 10.0. The van der Waals surface area contributed by atoms with Crippen LogP contribution in [0.4, 0.5) is 5.69 Å². The Morgan fingerprint density at radius 3 is 2.50 bits per heavy atom. The van der Waals surface area contributed by atoms with Gasteiger partial charge in [0.25, 0.3) is 5.91 Å². The Bertz CT molecular complexity index is 768. The molecule has 0 unspecified atom stereocenters. The van der Waals surface area contributed by atoms with Gasteiger partial charge >= 0.3 is 0 Å². The molecule has 2 nitrogen and oxygen atoms in total. The number of rotatable bonds is 2. The molecule has 98 valence electrons. The zero-order valence-electron chi connectivity index (χ0n) is 10.6. The number of carbonyl (C=O) groups is 1. The molecular formula is C17H12ClNO. The van der Waals surface area contributed by atoms with E-state index in [0.29, 0.717) is 10.6 Å². The van der Waals surface area contributed by atoms with Crippen molar-refractivity contribution < 1.29 is 4.79 Å². The van der Waals surface area contributed by atoms with Gasteiger partial charge in [-0.15, -0.1) is 0 Å². The summed E-state index contributed by atoms with van der Waals surface area (Å²) in [6.45, 7) is 0. The number of carbonyl (C=O) groups excluding carboxylic acids is 1. The average Bonchev–Trinajstić information content (AvgIpc) is 2.47. The molecule has 0 saturated carbocycles. The fourth-order valence-corrected chi connectivity index (χ4v) is 2.33. The minimum Gasteiger partial charge on any atom is -0.322 e. The fraction of sp³-hybridized carbons (Fsp3) is 0. The Labute approximate surface area is 122 Å². The van der Waals surface area contributed by atoms with E-state index in [0.717, 1.165) is 16.5 Å². The van der Waals surface area contributed by atoms with Crippen LogP contribution in [0.5, 0.6) is 0 Å². The molecule has 0 aromatic heterocycles. The van der Waals surface area contributed by atoms with Crippen molar-refractivity contribution in [2.24, 2.45) is 0 Å². The highest BCUT2D eigenvalue weighted by molar-refractivity contribution is 6.31. The quantitative estimate of drug-likeness (QED) is 0.722. The number of hydrogen-bond acceptors (Lipinski definition) is 1. The minimum absolute atomic E-state index is 0.135. The van der Waals surface area contributed by atoms with Gasteiger partial charge in [0.15, 0.2) is 0 Å². The van der Waals surface area contributed by atoms with Crippen molar-refractivity contribution in [3.05, 3.63) is 77.3 Å². The number of amides is 1. The lowest BCUT2D eigenvalue weighted by Crippen LogP contribution is -2.12. The third-order valence-corrected chi connectivity index (χ3v) is 3.36. The molecule has 0 atom stereocenters. The number of halogens is 1. The SMILES string of the molecule is O=C(Nc1ccccc1)c1cccc2ccc(Cl)cc12. The van der Waals surface area contributed by atoms with Gasteiger partial charge < -0.3 is 5.32 Å². The van der Waals surface area contributed by atoms with Crippen LogP contribution in [-0.4, -0.2) is 5.91 Å². The lowest BCUT2D eigenvalue weighted by molar-refractivity contribution is 0.102. The Kier molecular flexibility index (Phi) is 3.40. The van der Waals surface area contributed by atoms with Crippen LogP contribution in [0.3, 0.4) is 0 Å². The van der Waals surface area contributed by atoms with Crippen LogP contribution in [0.1, 0.15) is 10.4 Å². The normalized spacial score (nSPS) is 10.4. The van der Waals surface area contributed by atoms with Crippen molar-refractivity contribution in [2.75, 3.05) is 5.32 Å². The monoisotopic (exact) mass is 281 g/mol. The minimum atomic E-state index is -0.135. The van der Waals surface area contributed by atoms with Crippen LogP contribution in [0, 0.1) is 0 Å². The molecular weight excluding hydrogens is 270 g/mol. The second-order valence-corrected chi connectivity index (χ2v) is 4.93. The number of hydrogen-bond donors (Lipinski definition) is 1. The van der Waals surface area contributed by atoms with E-state index < -0.39 is 0 Å². The molecule has 0 aliphatic heterocycles. The van der Waals surface area contributed by atoms with Gasteiger partial charge in [-0.1, -0.05) is 48.0 Å². The maximum absolute atomic E-state index is 12.4. The van der Waals surface area contributed by atoms with E-state index in [1.54, 1.807) is 6.07 Å². The van der Waals surface area contributed by atoms with E-state index in [1.165, 1.54) is 0 Å². The van der Waals surface area contributed by atoms with Crippen molar-refractivity contribution in [3.8, 4) is 0 Å². The van der Waals surface area contributed by atoms with Crippen LogP contribution < -0.4 is 5.32 Å². The standard InChI is InChI=1S/C17H12ClNO/c18-13-10-9-12-5-4-8-15(16(12)11-13)17(20)19-14-6-2-1-3-7-14/h1-11H,(H,19,20). The Balaban J connectivity index is 2.01. The molecule has 0 bridgehead atoms. The van der Waals surface area contributed by atoms with Crippen molar-refractivity contribution >= 4 is 34.0 Å². The van der Waals surface area contributed by atoms with Gasteiger partial charge in [0, 0.05) is 16.3 Å². The number of benzene rings is 3. The number of nitrogens with one attached hydrogen (secondary N) is 1. The Morgan fingerprint density at radius 1 is 0.900 bits per heavy atom. The van der Waals surface area contributed by atoms with Crippen LogP contribution in [0.2, 0.25) is 5.02 Å². The molecule has 0 fully saturated rings. The van der Waals surface area contributed by atoms with Gasteiger partial charge in [0.1, 0.15) is 0 Å². The number of fused-ring (bicyclic) bond motifs is 1. The van der Waals surface area contributed by atoms with Gasteiger partial charge in [0.2, 0.25) is 0 Å². The van der Waals surface area contributed by atoms with Gasteiger partial charge in [-0.2, -0.15) is 0 Å². The first-order valence-electron chi connectivity index (χ1n) is 6.29. The van der Waals surface area contributed by atoms with Crippen molar-refractivity contribution in [1.29, 1.82) is 0 Å². The fourth-order valence-electron chi connectivity index (χ4n) is 2.16. The van der Waals surface area contributed by atoms with E-state index in [9.17, 15) is 4.79 Å². The van der Waals surface area contributed by atoms with Crippen LogP contribution in [-0.2, 0) is 0 Å². The molecule has 0 saturated heterocycles. The predicted octanol–water partition coefficient (Wildman–Crippen LogP) is 4.75. The second-order valence-electron chi connectivity index (χ2n) is 4.49. The van der Waals surface area contributed by atoms with Gasteiger partial charge in [-0.05, 0) is 41.1 Å². The van der Waals surface area contributed by atoms with Gasteiger partial charge in [0.05, 0.1) is 0 Å². The van der Waals surface area contributed by atoms with Gasteiger partial charge in [-0.3, -0.25) is 4.79 Å². The second kappa shape index (κ2) is 5.35. The summed E-state index contributed by atoms with van der Waals surface area (Å²) in [7, 11) is 0. The molecule has 1 N–H and O–H groups in total. The zero-order chi connectivity index (χ0) is 13.9. The third-order valence-electron chi connectivity index (χ3n) is 3.12. The Hall–Kier alpha value is -2.32. The summed E-state index contributed by atoms with van der Waals surface area (Å²) >= 11 is 6.02. The zero-order valence-corrected chi connectivity index (χ0v) is 11.4. The first-order valence-corrected chi connectivity index (χ1v) is 6.66. The van der Waals surface area contributed by atoms with Crippen molar-refractivity contribution in [2.45, 2.75) is 0 Å². The molecule has 3 rings (SSSR count). The van der Waals surface area contributed by atoms with E-state index in [2.05, 4.69) is 5.32 Å². The van der Waals surface area contributed by atoms with Crippen LogP contribution >= 0.6 is 11.6 Å². The predicted molar refractivity (Wildman–Crippen MR) is 83.4 cm³/mol. The highest BCUT2D eigenvalue weighted by Gasteiger charge is 2.10. The summed E-state index contributed by atoms with van der Waals surface area (Å²) in [5, 5.41) is 5.36. The van der Waals surface area contributed by atoms with Crippen LogP contribution in [0.25, 0.3) is 10.8 Å². The first-order chi connectivity index (χ1) is 9.74. The molecule has 0 spiro atoms. The number of anilines is 1.